The molecule has 0 bridgehead atoms. The summed E-state index contributed by atoms with van der Waals surface area (Å²) in [5.41, 5.74) is 3.98. The fraction of sp³-hybridized carbons (Fsp3) is 0. The van der Waals surface area contributed by atoms with Crippen molar-refractivity contribution in [3.05, 3.63) is 35.4 Å². The van der Waals surface area contributed by atoms with Crippen LogP contribution in [0.1, 0.15) is 0 Å². The summed E-state index contributed by atoms with van der Waals surface area (Å²) in [7, 11) is 0. The van der Waals surface area contributed by atoms with Crippen molar-refractivity contribution in [2.75, 3.05) is 0 Å². The lowest BCUT2D eigenvalue weighted by molar-refractivity contribution is 1.31. The van der Waals surface area contributed by atoms with Gasteiger partial charge in [0, 0.05) is 23.3 Å². The van der Waals surface area contributed by atoms with Gasteiger partial charge in [-0.05, 0) is 12.1 Å². The second kappa shape index (κ2) is 4.18. The Morgan fingerprint density at radius 1 is 1.17 bits per heavy atom. The van der Waals surface area contributed by atoms with Crippen molar-refractivity contribution >= 4 is 23.7 Å². The Morgan fingerprint density at radius 3 is 2.50 bits per heavy atom. The molecule has 0 unspecified atom stereocenters. The largest absolute Gasteiger partial charge is 0.265 e. The third kappa shape index (κ3) is 1.81. The highest BCUT2D eigenvalue weighted by molar-refractivity contribution is 7.07. The van der Waals surface area contributed by atoms with Crippen molar-refractivity contribution in [1.82, 2.24) is 9.97 Å². The number of hydrogen-bond donors (Lipinski definition) is 0. The Hall–Kier alpha value is -0.930. The van der Waals surface area contributed by atoms with E-state index in [2.05, 4.69) is 9.97 Å². The molecule has 0 radical (unpaired) electrons. The molecule has 0 spiro atoms. The van der Waals surface area contributed by atoms with Crippen LogP contribution in [0.2, 0.25) is 0 Å². The summed E-state index contributed by atoms with van der Waals surface area (Å²) in [5.74, 6) is 0. The lowest BCUT2D eigenvalue weighted by Crippen LogP contribution is -1.75. The van der Waals surface area contributed by atoms with E-state index in [1.54, 1.807) is 23.7 Å². The third-order valence-electron chi connectivity index (χ3n) is 1.41. The topological polar surface area (TPSA) is 25.8 Å². The van der Waals surface area contributed by atoms with E-state index in [9.17, 15) is 0 Å². The smallest absolute Gasteiger partial charge is 0.0812 e. The molecule has 0 saturated carbocycles. The second-order valence-electron chi connectivity index (χ2n) is 2.11. The first-order valence-corrected chi connectivity index (χ1v) is 4.20. The lowest BCUT2D eigenvalue weighted by atomic mass is 10.2. The van der Waals surface area contributed by atoms with Crippen molar-refractivity contribution < 1.29 is 0 Å². The Labute approximate surface area is 80.7 Å². The zero-order valence-electron chi connectivity index (χ0n) is 6.18. The monoisotopic (exact) mass is 198 g/mol. The number of rotatable bonds is 1. The summed E-state index contributed by atoms with van der Waals surface area (Å²) in [6.45, 7) is 0. The zero-order chi connectivity index (χ0) is 7.52. The molecule has 12 heavy (non-hydrogen) atoms. The zero-order valence-corrected chi connectivity index (χ0v) is 7.81. The quantitative estimate of drug-likeness (QED) is 0.704. The summed E-state index contributed by atoms with van der Waals surface area (Å²) in [6.07, 6.45) is 3.54. The van der Waals surface area contributed by atoms with E-state index in [-0.39, 0.29) is 12.4 Å². The van der Waals surface area contributed by atoms with Gasteiger partial charge in [-0.3, -0.25) is 4.98 Å². The van der Waals surface area contributed by atoms with E-state index in [1.807, 2.05) is 23.0 Å². The van der Waals surface area contributed by atoms with Gasteiger partial charge in [-0.25, -0.2) is 4.98 Å². The number of thiazole rings is 1. The number of pyridine rings is 1. The van der Waals surface area contributed by atoms with E-state index in [4.69, 9.17) is 0 Å². The molecule has 0 amide bonds. The molecule has 0 N–H and O–H groups in total. The van der Waals surface area contributed by atoms with Crippen LogP contribution in [0.4, 0.5) is 0 Å². The lowest BCUT2D eigenvalue weighted by Gasteiger charge is -1.91. The van der Waals surface area contributed by atoms with E-state index >= 15 is 0 Å². The molecule has 0 aliphatic heterocycles. The van der Waals surface area contributed by atoms with Gasteiger partial charge < -0.3 is 0 Å². The molecule has 2 heterocycles. The summed E-state index contributed by atoms with van der Waals surface area (Å²) < 4.78 is 0. The molecule has 2 aromatic heterocycles. The van der Waals surface area contributed by atoms with Crippen LogP contribution >= 0.6 is 23.7 Å². The second-order valence-corrected chi connectivity index (χ2v) is 2.83. The number of aromatic nitrogens is 2. The van der Waals surface area contributed by atoms with Crippen molar-refractivity contribution in [3.63, 3.8) is 0 Å². The van der Waals surface area contributed by atoms with Gasteiger partial charge in [-0.1, -0.05) is 0 Å². The molecule has 2 nitrogen and oxygen atoms in total. The van der Waals surface area contributed by atoms with E-state index in [1.165, 1.54) is 0 Å². The van der Waals surface area contributed by atoms with Gasteiger partial charge in [-0.2, -0.15) is 0 Å². The molecule has 2 rings (SSSR count). The van der Waals surface area contributed by atoms with Crippen molar-refractivity contribution in [3.8, 4) is 11.3 Å². The maximum Gasteiger partial charge on any atom is 0.0812 e. The average molecular weight is 199 g/mol. The van der Waals surface area contributed by atoms with E-state index in [0.29, 0.717) is 0 Å². The predicted octanol–water partition coefficient (Wildman–Crippen LogP) is 2.63. The SMILES string of the molecule is Cl.c1cc(-c2cscn2)ccn1. The van der Waals surface area contributed by atoms with Crippen LogP contribution in [0.3, 0.4) is 0 Å². The van der Waals surface area contributed by atoms with E-state index < -0.39 is 0 Å². The predicted molar refractivity (Wildman–Crippen MR) is 52.6 cm³/mol. The molecule has 0 aliphatic rings. The maximum absolute atomic E-state index is 4.18. The highest BCUT2D eigenvalue weighted by Gasteiger charge is 1.95. The molecule has 0 aliphatic carbocycles. The fourth-order valence-electron chi connectivity index (χ4n) is 0.878. The van der Waals surface area contributed by atoms with Gasteiger partial charge >= 0.3 is 0 Å². The minimum Gasteiger partial charge on any atom is -0.265 e. The number of nitrogens with zero attached hydrogens (tertiary/aromatic N) is 2. The Kier molecular flexibility index (Phi) is 3.19. The molecule has 0 fully saturated rings. The molecular weight excluding hydrogens is 192 g/mol. The van der Waals surface area contributed by atoms with Crippen LogP contribution in [-0.2, 0) is 0 Å². The highest BCUT2D eigenvalue weighted by Crippen LogP contribution is 2.16. The van der Waals surface area contributed by atoms with Gasteiger partial charge in [0.2, 0.25) is 0 Å². The summed E-state index contributed by atoms with van der Waals surface area (Å²) in [4.78, 5) is 8.11. The average Bonchev–Trinajstić information content (AvgIpc) is 2.58. The Bertz CT molecular complexity index is 320. The number of halogens is 1. The van der Waals surface area contributed by atoms with Crippen molar-refractivity contribution in [1.29, 1.82) is 0 Å². The molecule has 0 saturated heterocycles. The molecular formula is C8H7ClN2S. The first kappa shape index (κ1) is 9.16. The summed E-state index contributed by atoms with van der Waals surface area (Å²) in [6, 6.07) is 3.91. The van der Waals surface area contributed by atoms with Crippen LogP contribution in [0.5, 0.6) is 0 Å². The standard InChI is InChI=1S/C8H6N2S.ClH/c1-3-9-4-2-7(1)8-5-11-6-10-8;/h1-6H;1H. The molecule has 0 atom stereocenters. The van der Waals surface area contributed by atoms with Crippen molar-refractivity contribution in [2.45, 2.75) is 0 Å². The van der Waals surface area contributed by atoms with Crippen LogP contribution in [0.15, 0.2) is 35.4 Å². The van der Waals surface area contributed by atoms with Crippen molar-refractivity contribution in [2.24, 2.45) is 0 Å². The van der Waals surface area contributed by atoms with Gasteiger partial charge in [-0.15, -0.1) is 23.7 Å². The summed E-state index contributed by atoms with van der Waals surface area (Å²) >= 11 is 1.60. The summed E-state index contributed by atoms with van der Waals surface area (Å²) in [5, 5.41) is 2.02. The van der Waals surface area contributed by atoms with Crippen LogP contribution < -0.4 is 0 Å². The van der Waals surface area contributed by atoms with Gasteiger partial charge in [0.15, 0.2) is 0 Å². The van der Waals surface area contributed by atoms with Crippen LogP contribution in [0, 0.1) is 0 Å². The first-order valence-electron chi connectivity index (χ1n) is 3.25. The van der Waals surface area contributed by atoms with Crippen LogP contribution in [-0.4, -0.2) is 9.97 Å². The highest BCUT2D eigenvalue weighted by atomic mass is 35.5. The van der Waals surface area contributed by atoms with E-state index in [0.717, 1.165) is 11.3 Å². The fourth-order valence-corrected chi connectivity index (χ4v) is 1.44. The minimum absolute atomic E-state index is 0. The first-order chi connectivity index (χ1) is 5.47. The molecule has 0 aromatic carbocycles. The van der Waals surface area contributed by atoms with Crippen LogP contribution in [0.25, 0.3) is 11.3 Å². The van der Waals surface area contributed by atoms with Gasteiger partial charge in [0.25, 0.3) is 0 Å². The molecule has 4 heteroatoms. The molecule has 2 aromatic rings. The van der Waals surface area contributed by atoms with Gasteiger partial charge in [0.1, 0.15) is 0 Å². The maximum atomic E-state index is 4.18. The Morgan fingerprint density at radius 2 is 1.92 bits per heavy atom. The van der Waals surface area contributed by atoms with Gasteiger partial charge in [0.05, 0.1) is 11.2 Å². The molecule has 62 valence electrons. The number of hydrogen-bond acceptors (Lipinski definition) is 3. The normalized spacial score (nSPS) is 9.00. The minimum atomic E-state index is 0. The Balaban J connectivity index is 0.000000720. The third-order valence-corrected chi connectivity index (χ3v) is 1.99.